The maximum Gasteiger partial charge on any atom is 0.135 e. The van der Waals surface area contributed by atoms with Gasteiger partial charge in [0.15, 0.2) is 0 Å². The van der Waals surface area contributed by atoms with Crippen LogP contribution in [0.3, 0.4) is 0 Å². The summed E-state index contributed by atoms with van der Waals surface area (Å²) in [7, 11) is 0. The summed E-state index contributed by atoms with van der Waals surface area (Å²) < 4.78 is 5.61. The molecule has 0 aliphatic carbocycles. The zero-order valence-electron chi connectivity index (χ0n) is 8.46. The smallest absolute Gasteiger partial charge is 0.135 e. The van der Waals surface area contributed by atoms with Crippen molar-refractivity contribution >= 4 is 17.3 Å². The van der Waals surface area contributed by atoms with Crippen LogP contribution in [0.4, 0.5) is 5.69 Å². The Bertz CT molecular complexity index is 476. The standard InChI is InChI=1S/C12H12ClNO/c1-2-9-4-6-12(15-9)10-5-3-8(14)7-11(10)13/h3-7H,2,14H2,1H3. The van der Waals surface area contributed by atoms with Crippen molar-refractivity contribution in [2.24, 2.45) is 0 Å². The van der Waals surface area contributed by atoms with Crippen molar-refractivity contribution in [2.45, 2.75) is 13.3 Å². The van der Waals surface area contributed by atoms with E-state index < -0.39 is 0 Å². The molecule has 1 heterocycles. The van der Waals surface area contributed by atoms with E-state index in [0.29, 0.717) is 10.7 Å². The number of hydrogen-bond acceptors (Lipinski definition) is 2. The predicted octanol–water partition coefficient (Wildman–Crippen LogP) is 3.74. The average molecular weight is 222 g/mol. The van der Waals surface area contributed by atoms with Crippen LogP contribution in [0.5, 0.6) is 0 Å². The molecule has 0 saturated heterocycles. The van der Waals surface area contributed by atoms with Gasteiger partial charge in [-0.1, -0.05) is 18.5 Å². The Kier molecular flexibility index (Phi) is 2.69. The van der Waals surface area contributed by atoms with E-state index in [0.717, 1.165) is 23.5 Å². The van der Waals surface area contributed by atoms with Gasteiger partial charge in [0.05, 0.1) is 5.02 Å². The molecule has 0 radical (unpaired) electrons. The molecule has 78 valence electrons. The van der Waals surface area contributed by atoms with E-state index in [1.807, 2.05) is 31.2 Å². The fourth-order valence-corrected chi connectivity index (χ4v) is 1.73. The summed E-state index contributed by atoms with van der Waals surface area (Å²) in [6.45, 7) is 2.05. The van der Waals surface area contributed by atoms with Gasteiger partial charge in [-0.25, -0.2) is 0 Å². The van der Waals surface area contributed by atoms with Crippen LogP contribution in [0.25, 0.3) is 11.3 Å². The van der Waals surface area contributed by atoms with Crippen molar-refractivity contribution in [3.63, 3.8) is 0 Å². The number of rotatable bonds is 2. The molecular formula is C12H12ClNO. The lowest BCUT2D eigenvalue weighted by molar-refractivity contribution is 0.529. The van der Waals surface area contributed by atoms with Crippen LogP contribution >= 0.6 is 11.6 Å². The summed E-state index contributed by atoms with van der Waals surface area (Å²) in [4.78, 5) is 0. The van der Waals surface area contributed by atoms with Crippen LogP contribution < -0.4 is 5.73 Å². The van der Waals surface area contributed by atoms with Crippen molar-refractivity contribution in [1.29, 1.82) is 0 Å². The van der Waals surface area contributed by atoms with E-state index in [4.69, 9.17) is 21.8 Å². The molecule has 0 unspecified atom stereocenters. The molecule has 0 aliphatic heterocycles. The second-order valence-electron chi connectivity index (χ2n) is 3.36. The van der Waals surface area contributed by atoms with Crippen molar-refractivity contribution in [1.82, 2.24) is 0 Å². The Morgan fingerprint density at radius 3 is 2.67 bits per heavy atom. The molecule has 1 aromatic carbocycles. The summed E-state index contributed by atoms with van der Waals surface area (Å²) in [5.74, 6) is 1.75. The van der Waals surface area contributed by atoms with Gasteiger partial charge >= 0.3 is 0 Å². The molecule has 0 saturated carbocycles. The molecule has 2 rings (SSSR count). The zero-order valence-corrected chi connectivity index (χ0v) is 9.21. The number of aryl methyl sites for hydroxylation is 1. The van der Waals surface area contributed by atoms with Crippen molar-refractivity contribution < 1.29 is 4.42 Å². The van der Waals surface area contributed by atoms with E-state index in [1.165, 1.54) is 0 Å². The maximum atomic E-state index is 6.08. The first kappa shape index (κ1) is 10.1. The second kappa shape index (κ2) is 3.99. The quantitative estimate of drug-likeness (QED) is 0.785. The highest BCUT2D eigenvalue weighted by Crippen LogP contribution is 2.30. The van der Waals surface area contributed by atoms with E-state index in [2.05, 4.69) is 0 Å². The van der Waals surface area contributed by atoms with Gasteiger partial charge in [0.2, 0.25) is 0 Å². The van der Waals surface area contributed by atoms with Crippen LogP contribution in [0, 0.1) is 0 Å². The molecule has 0 spiro atoms. The molecule has 0 bridgehead atoms. The molecule has 0 aliphatic rings. The normalized spacial score (nSPS) is 10.5. The third-order valence-electron chi connectivity index (χ3n) is 2.27. The molecule has 0 atom stereocenters. The third-order valence-corrected chi connectivity index (χ3v) is 2.58. The number of nitrogens with two attached hydrogens (primary N) is 1. The van der Waals surface area contributed by atoms with Gasteiger partial charge < -0.3 is 10.2 Å². The van der Waals surface area contributed by atoms with Gasteiger partial charge in [-0.3, -0.25) is 0 Å². The fraction of sp³-hybridized carbons (Fsp3) is 0.167. The molecule has 2 nitrogen and oxygen atoms in total. The second-order valence-corrected chi connectivity index (χ2v) is 3.77. The zero-order chi connectivity index (χ0) is 10.8. The minimum absolute atomic E-state index is 0.618. The molecule has 1 aromatic heterocycles. The van der Waals surface area contributed by atoms with Gasteiger partial charge in [-0.05, 0) is 30.3 Å². The van der Waals surface area contributed by atoms with Gasteiger partial charge in [0, 0.05) is 17.7 Å². The Morgan fingerprint density at radius 1 is 1.27 bits per heavy atom. The Morgan fingerprint density at radius 2 is 2.07 bits per heavy atom. The van der Waals surface area contributed by atoms with Crippen LogP contribution in [0.2, 0.25) is 5.02 Å². The maximum absolute atomic E-state index is 6.08. The number of hydrogen-bond donors (Lipinski definition) is 1. The SMILES string of the molecule is CCc1ccc(-c2ccc(N)cc2Cl)o1. The van der Waals surface area contributed by atoms with E-state index in [-0.39, 0.29) is 0 Å². The molecule has 15 heavy (non-hydrogen) atoms. The number of benzene rings is 1. The largest absolute Gasteiger partial charge is 0.461 e. The number of anilines is 1. The van der Waals surface area contributed by atoms with E-state index in [9.17, 15) is 0 Å². The monoisotopic (exact) mass is 221 g/mol. The molecule has 2 N–H and O–H groups in total. The number of halogens is 1. The van der Waals surface area contributed by atoms with Gasteiger partial charge in [-0.2, -0.15) is 0 Å². The average Bonchev–Trinajstić information content (AvgIpc) is 2.66. The lowest BCUT2D eigenvalue weighted by Crippen LogP contribution is -1.84. The molecule has 3 heteroatoms. The van der Waals surface area contributed by atoms with Crippen LogP contribution in [-0.4, -0.2) is 0 Å². The minimum atomic E-state index is 0.618. The Balaban J connectivity index is 2.44. The lowest BCUT2D eigenvalue weighted by atomic mass is 10.1. The fourth-order valence-electron chi connectivity index (χ4n) is 1.44. The highest BCUT2D eigenvalue weighted by molar-refractivity contribution is 6.33. The Labute approximate surface area is 93.7 Å². The summed E-state index contributed by atoms with van der Waals surface area (Å²) in [6, 6.07) is 9.30. The Hall–Kier alpha value is -1.41. The van der Waals surface area contributed by atoms with Crippen LogP contribution in [0.15, 0.2) is 34.7 Å². The van der Waals surface area contributed by atoms with Crippen molar-refractivity contribution in [3.8, 4) is 11.3 Å². The van der Waals surface area contributed by atoms with Crippen molar-refractivity contribution in [3.05, 3.63) is 41.1 Å². The minimum Gasteiger partial charge on any atom is -0.461 e. The topological polar surface area (TPSA) is 39.2 Å². The molecular weight excluding hydrogens is 210 g/mol. The lowest BCUT2D eigenvalue weighted by Gasteiger charge is -2.01. The number of nitrogen functional groups attached to an aromatic ring is 1. The van der Waals surface area contributed by atoms with Crippen molar-refractivity contribution in [2.75, 3.05) is 5.73 Å². The van der Waals surface area contributed by atoms with Gasteiger partial charge in [0.1, 0.15) is 11.5 Å². The summed E-state index contributed by atoms with van der Waals surface area (Å²) in [6.07, 6.45) is 0.882. The highest BCUT2D eigenvalue weighted by Gasteiger charge is 2.07. The van der Waals surface area contributed by atoms with Crippen LogP contribution in [0.1, 0.15) is 12.7 Å². The summed E-state index contributed by atoms with van der Waals surface area (Å²) >= 11 is 6.08. The summed E-state index contributed by atoms with van der Waals surface area (Å²) in [5, 5.41) is 0.618. The highest BCUT2D eigenvalue weighted by atomic mass is 35.5. The number of furan rings is 1. The van der Waals surface area contributed by atoms with Gasteiger partial charge in [0.25, 0.3) is 0 Å². The van der Waals surface area contributed by atoms with Gasteiger partial charge in [-0.15, -0.1) is 0 Å². The predicted molar refractivity (Wildman–Crippen MR) is 62.9 cm³/mol. The first-order chi connectivity index (χ1) is 7.20. The first-order valence-electron chi connectivity index (χ1n) is 4.85. The summed E-state index contributed by atoms with van der Waals surface area (Å²) in [5.41, 5.74) is 7.16. The van der Waals surface area contributed by atoms with Crippen LogP contribution in [-0.2, 0) is 6.42 Å². The van der Waals surface area contributed by atoms with E-state index >= 15 is 0 Å². The molecule has 0 fully saturated rings. The van der Waals surface area contributed by atoms with E-state index in [1.54, 1.807) is 6.07 Å². The third kappa shape index (κ3) is 2.00. The molecule has 0 amide bonds. The first-order valence-corrected chi connectivity index (χ1v) is 5.22. The molecule has 2 aromatic rings.